The molecule has 0 fully saturated rings. The molecule has 10 heavy (non-hydrogen) atoms. The van der Waals surface area contributed by atoms with Crippen LogP contribution in [0.4, 0.5) is 4.79 Å². The maximum Gasteiger partial charge on any atom is 2.00 e. The Morgan fingerprint density at radius 3 is 1.10 bits per heavy atom. The molecule has 0 saturated heterocycles. The van der Waals surface area contributed by atoms with Crippen molar-refractivity contribution in [3.8, 4) is 0 Å². The van der Waals surface area contributed by atoms with E-state index in [2.05, 4.69) is 0 Å². The van der Waals surface area contributed by atoms with Crippen molar-refractivity contribution in [2.75, 3.05) is 0 Å². The number of hydrogen-bond donors (Lipinski definition) is 0. The summed E-state index contributed by atoms with van der Waals surface area (Å²) in [4.78, 5) is 17.2. The molecule has 0 aromatic carbocycles. The second-order valence-electron chi connectivity index (χ2n) is 0.742. The summed E-state index contributed by atoms with van der Waals surface area (Å²) < 4.78 is 0. The van der Waals surface area contributed by atoms with Crippen molar-refractivity contribution in [3.63, 3.8) is 0 Å². The number of carbonyl (C=O) groups excluding carboxylic acids is 2. The van der Waals surface area contributed by atoms with Gasteiger partial charge in [0.15, 0.2) is 0 Å². The molecule has 0 heterocycles. The molecule has 0 aliphatic rings. The largest absolute Gasteiger partial charge is 2.00 e. The fourth-order valence-corrected chi connectivity index (χ4v) is 0. The van der Waals surface area contributed by atoms with Gasteiger partial charge in [0.2, 0.25) is 0 Å². The van der Waals surface area contributed by atoms with Crippen molar-refractivity contribution in [2.45, 2.75) is 6.92 Å². The van der Waals surface area contributed by atoms with Crippen LogP contribution in [-0.2, 0) is 25.2 Å². The quantitative estimate of drug-likeness (QED) is 0.405. The van der Waals surface area contributed by atoms with Crippen molar-refractivity contribution in [1.29, 1.82) is 0 Å². The average molecular weight is 265 g/mol. The van der Waals surface area contributed by atoms with Gasteiger partial charge in [-0.05, 0) is 13.1 Å². The van der Waals surface area contributed by atoms with Crippen LogP contribution in [0.15, 0.2) is 0 Å². The third kappa shape index (κ3) is 541. The molecule has 0 bridgehead atoms. The molecule has 0 spiro atoms. The van der Waals surface area contributed by atoms with E-state index < -0.39 is 12.1 Å². The molecule has 0 aliphatic carbocycles. The minimum Gasteiger partial charge on any atom is -0.652 e. The van der Waals surface area contributed by atoms with Crippen molar-refractivity contribution in [3.05, 3.63) is 0 Å². The maximum absolute atomic E-state index is 8.89. The van der Waals surface area contributed by atoms with Gasteiger partial charge in [0, 0.05) is 5.97 Å². The second kappa shape index (κ2) is 16.6. The molecule has 0 N–H and O–H groups in total. The summed E-state index contributed by atoms with van der Waals surface area (Å²) in [7, 11) is 0. The van der Waals surface area contributed by atoms with Crippen molar-refractivity contribution in [1.82, 2.24) is 0 Å². The molecule has 5 nitrogen and oxygen atoms in total. The number of hydrogen-bond acceptors (Lipinski definition) is 5. The molecule has 0 saturated carbocycles. The minimum absolute atomic E-state index is 0. The fraction of sp³-hybridized carbons (Fsp3) is 0.333. The molecule has 0 amide bonds. The minimum atomic E-state index is -2.33. The standard InChI is InChI=1S/C2H4O2.CH2O3.K.Pd/c1-2(3)4;2-1(3)4;;/h1H3,(H,3,4);(H2,2,3,4);;/q;;+1;+2/p-3. The topological polar surface area (TPSA) is 103 Å². The normalized spacial score (nSPS) is 4.90. The number of carboxylic acids is 1. The molecule has 0 unspecified atom stereocenters. The smallest absolute Gasteiger partial charge is 0.652 e. The summed E-state index contributed by atoms with van der Waals surface area (Å²) in [6.45, 7) is 0.972. The molecule has 0 aromatic heterocycles. The monoisotopic (exact) mass is 264 g/mol. The van der Waals surface area contributed by atoms with Crippen LogP contribution in [0, 0.1) is 0 Å². The van der Waals surface area contributed by atoms with Crippen LogP contribution in [0.2, 0.25) is 0 Å². The maximum atomic E-state index is 8.89. The number of carbonyl (C=O) groups is 2. The van der Waals surface area contributed by atoms with Gasteiger partial charge in [0.25, 0.3) is 0 Å². The van der Waals surface area contributed by atoms with E-state index >= 15 is 0 Å². The average Bonchev–Trinajstić information content (AvgIpc) is 1.25. The van der Waals surface area contributed by atoms with Crippen LogP contribution in [0.1, 0.15) is 6.92 Å². The summed E-state index contributed by atoms with van der Waals surface area (Å²) in [5.74, 6) is -1.08. The van der Waals surface area contributed by atoms with Crippen LogP contribution in [0.5, 0.6) is 0 Å². The van der Waals surface area contributed by atoms with Gasteiger partial charge in [0.1, 0.15) is 0 Å². The van der Waals surface area contributed by atoms with Crippen molar-refractivity contribution in [2.24, 2.45) is 0 Å². The van der Waals surface area contributed by atoms with E-state index in [1.54, 1.807) is 0 Å². The molecule has 0 aromatic rings. The van der Waals surface area contributed by atoms with E-state index in [0.717, 1.165) is 6.92 Å². The zero-order chi connectivity index (χ0) is 7.15. The van der Waals surface area contributed by atoms with Gasteiger partial charge in [-0.1, -0.05) is 0 Å². The molecular formula is C3H3KO5Pd. The Morgan fingerprint density at radius 2 is 1.10 bits per heavy atom. The second-order valence-corrected chi connectivity index (χ2v) is 0.742. The van der Waals surface area contributed by atoms with Gasteiger partial charge in [-0.3, -0.25) is 0 Å². The molecule has 0 rings (SSSR count). The van der Waals surface area contributed by atoms with E-state index in [-0.39, 0.29) is 71.8 Å². The molecule has 7 heteroatoms. The van der Waals surface area contributed by atoms with E-state index in [9.17, 15) is 0 Å². The summed E-state index contributed by atoms with van der Waals surface area (Å²) in [5.41, 5.74) is 0. The predicted molar refractivity (Wildman–Crippen MR) is 16.1 cm³/mol. The third-order valence-corrected chi connectivity index (χ3v) is 0. The molecule has 0 atom stereocenters. The zero-order valence-electron chi connectivity index (χ0n) is 5.36. The first kappa shape index (κ1) is 22.5. The molecular weight excluding hydrogens is 262 g/mol. The van der Waals surface area contributed by atoms with E-state index in [0.29, 0.717) is 0 Å². The Labute approximate surface area is 114 Å². The van der Waals surface area contributed by atoms with Crippen LogP contribution < -0.4 is 66.7 Å². The summed E-state index contributed by atoms with van der Waals surface area (Å²) >= 11 is 0. The zero-order valence-corrected chi connectivity index (χ0v) is 10.0. The van der Waals surface area contributed by atoms with Gasteiger partial charge >= 0.3 is 71.8 Å². The summed E-state index contributed by atoms with van der Waals surface area (Å²) in [6, 6.07) is 0. The molecule has 56 valence electrons. The third-order valence-electron chi connectivity index (χ3n) is 0. The van der Waals surface area contributed by atoms with Crippen LogP contribution >= 0.6 is 0 Å². The van der Waals surface area contributed by atoms with Gasteiger partial charge in [0.05, 0.1) is 0 Å². The first-order chi connectivity index (χ1) is 3.46. The van der Waals surface area contributed by atoms with E-state index in [4.69, 9.17) is 24.9 Å². The van der Waals surface area contributed by atoms with Gasteiger partial charge in [-0.25, -0.2) is 0 Å². The van der Waals surface area contributed by atoms with E-state index in [1.165, 1.54) is 0 Å². The SMILES string of the molecule is CC(=O)[O-].O=C([O-])[O-].[K+].[Pd+2]. The van der Waals surface area contributed by atoms with Crippen molar-refractivity contribution < 1.29 is 96.7 Å². The van der Waals surface area contributed by atoms with Crippen molar-refractivity contribution >= 4 is 12.1 Å². The first-order valence-corrected chi connectivity index (χ1v) is 1.52. The van der Waals surface area contributed by atoms with Crippen LogP contribution in [-0.4, -0.2) is 12.1 Å². The Hall–Kier alpha value is 1.04. The van der Waals surface area contributed by atoms with Gasteiger partial charge in [-0.2, -0.15) is 0 Å². The fourth-order valence-electron chi connectivity index (χ4n) is 0. The summed E-state index contributed by atoms with van der Waals surface area (Å²) in [6.07, 6.45) is -2.33. The number of aliphatic carboxylic acids is 1. The van der Waals surface area contributed by atoms with E-state index in [1.807, 2.05) is 0 Å². The summed E-state index contributed by atoms with van der Waals surface area (Å²) in [5, 5.41) is 25.6. The van der Waals surface area contributed by atoms with Crippen LogP contribution in [0.3, 0.4) is 0 Å². The number of carboxylic acid groups (broad SMARTS) is 3. The number of rotatable bonds is 0. The van der Waals surface area contributed by atoms with Gasteiger partial charge in [-0.15, -0.1) is 0 Å². The Bertz CT molecular complexity index is 74.9. The Morgan fingerprint density at radius 1 is 1.10 bits per heavy atom. The Kier molecular flexibility index (Phi) is 37.2. The molecule has 0 radical (unpaired) electrons. The van der Waals surface area contributed by atoms with Crippen LogP contribution in [0.25, 0.3) is 0 Å². The molecule has 0 aliphatic heterocycles. The predicted octanol–water partition coefficient (Wildman–Crippen LogP) is -6.69. The Balaban J connectivity index is -0.0000000300. The van der Waals surface area contributed by atoms with Gasteiger partial charge < -0.3 is 24.9 Å². The first-order valence-electron chi connectivity index (χ1n) is 1.52.